The Morgan fingerprint density at radius 2 is 1.56 bits per heavy atom. The number of aliphatic hydroxyl groups excluding tert-OH is 1. The lowest BCUT2D eigenvalue weighted by Crippen LogP contribution is -2.38. The molecule has 0 radical (unpaired) electrons. The Balaban J connectivity index is 1.39. The number of aliphatic hydroxyl groups is 1. The summed E-state index contributed by atoms with van der Waals surface area (Å²) in [5, 5.41) is 10.4. The number of β-amino-alcohol motifs (C(OH)–C–C–N with tert-alkyl or cyclic N) is 1. The van der Waals surface area contributed by atoms with Gasteiger partial charge in [0.15, 0.2) is 0 Å². The van der Waals surface area contributed by atoms with Gasteiger partial charge in [-0.15, -0.1) is 0 Å². The quantitative estimate of drug-likeness (QED) is 0.774. The summed E-state index contributed by atoms with van der Waals surface area (Å²) in [5.74, 6) is 1.55. The summed E-state index contributed by atoms with van der Waals surface area (Å²) in [6.07, 6.45) is 0.631. The first-order valence-electron chi connectivity index (χ1n) is 9.66. The number of hydrogen-bond donors (Lipinski definition) is 1. The fraction of sp³-hybridized carbons (Fsp3) is 0.455. The largest absolute Gasteiger partial charge is 0.497 e. The third kappa shape index (κ3) is 6.54. The normalized spacial score (nSPS) is 17.3. The van der Waals surface area contributed by atoms with Crippen LogP contribution in [-0.2, 0) is 6.54 Å². The predicted octanol–water partition coefficient (Wildman–Crippen LogP) is 2.64. The zero-order valence-corrected chi connectivity index (χ0v) is 16.1. The van der Waals surface area contributed by atoms with Crippen LogP contribution in [-0.4, -0.2) is 67.5 Å². The third-order valence-electron chi connectivity index (χ3n) is 4.90. The van der Waals surface area contributed by atoms with Crippen molar-refractivity contribution in [3.8, 4) is 11.5 Å². The summed E-state index contributed by atoms with van der Waals surface area (Å²) in [4.78, 5) is 4.84. The lowest BCUT2D eigenvalue weighted by molar-refractivity contribution is 0.0692. The summed E-state index contributed by atoms with van der Waals surface area (Å²) < 4.78 is 10.8. The first kappa shape index (κ1) is 19.7. The van der Waals surface area contributed by atoms with Gasteiger partial charge < -0.3 is 14.6 Å². The van der Waals surface area contributed by atoms with E-state index in [2.05, 4.69) is 40.1 Å². The van der Waals surface area contributed by atoms with Gasteiger partial charge in [0, 0.05) is 26.2 Å². The van der Waals surface area contributed by atoms with Crippen molar-refractivity contribution < 1.29 is 14.6 Å². The van der Waals surface area contributed by atoms with E-state index in [1.807, 2.05) is 24.3 Å². The van der Waals surface area contributed by atoms with E-state index in [0.29, 0.717) is 13.2 Å². The molecule has 5 nitrogen and oxygen atoms in total. The first-order chi connectivity index (χ1) is 13.2. The standard InChI is InChI=1S/C22H30N2O3/c1-26-21-8-10-22(11-9-21)27-18-20(25)17-24-13-5-12-23(14-15-24)16-19-6-3-2-4-7-19/h2-4,6-11,20,25H,5,12-18H2,1H3. The molecule has 1 unspecified atom stereocenters. The van der Waals surface area contributed by atoms with Crippen LogP contribution in [0, 0.1) is 0 Å². The molecule has 27 heavy (non-hydrogen) atoms. The maximum Gasteiger partial charge on any atom is 0.119 e. The number of rotatable bonds is 8. The summed E-state index contributed by atoms with van der Waals surface area (Å²) in [6.45, 7) is 6.08. The Bertz CT molecular complexity index is 663. The van der Waals surface area contributed by atoms with Gasteiger partial charge in [-0.3, -0.25) is 9.80 Å². The molecular formula is C22H30N2O3. The molecule has 0 aromatic heterocycles. The molecule has 146 valence electrons. The molecule has 1 heterocycles. The van der Waals surface area contributed by atoms with Crippen LogP contribution in [0.25, 0.3) is 0 Å². The van der Waals surface area contributed by atoms with E-state index in [1.165, 1.54) is 5.56 Å². The van der Waals surface area contributed by atoms with Gasteiger partial charge in [0.1, 0.15) is 24.2 Å². The molecule has 0 spiro atoms. The van der Waals surface area contributed by atoms with E-state index < -0.39 is 6.10 Å². The fourth-order valence-electron chi connectivity index (χ4n) is 3.42. The average Bonchev–Trinajstić information content (AvgIpc) is 2.92. The van der Waals surface area contributed by atoms with Crippen LogP contribution in [0.1, 0.15) is 12.0 Å². The van der Waals surface area contributed by atoms with Gasteiger partial charge in [-0.25, -0.2) is 0 Å². The molecule has 1 N–H and O–H groups in total. The first-order valence-corrected chi connectivity index (χ1v) is 9.66. The molecule has 3 rings (SSSR count). The molecule has 0 amide bonds. The molecular weight excluding hydrogens is 340 g/mol. The summed E-state index contributed by atoms with van der Waals surface area (Å²) in [6, 6.07) is 18.1. The Labute approximate surface area is 162 Å². The highest BCUT2D eigenvalue weighted by Gasteiger charge is 2.18. The van der Waals surface area contributed by atoms with E-state index in [4.69, 9.17) is 9.47 Å². The highest BCUT2D eigenvalue weighted by atomic mass is 16.5. The fourth-order valence-corrected chi connectivity index (χ4v) is 3.42. The Morgan fingerprint density at radius 1 is 0.889 bits per heavy atom. The molecule has 1 aliphatic rings. The van der Waals surface area contributed by atoms with Crippen molar-refractivity contribution in [2.45, 2.75) is 19.1 Å². The van der Waals surface area contributed by atoms with Gasteiger partial charge in [-0.05, 0) is 49.3 Å². The smallest absolute Gasteiger partial charge is 0.119 e. The molecule has 5 heteroatoms. The maximum atomic E-state index is 10.4. The Morgan fingerprint density at radius 3 is 2.30 bits per heavy atom. The van der Waals surface area contributed by atoms with Crippen LogP contribution < -0.4 is 9.47 Å². The highest BCUT2D eigenvalue weighted by molar-refractivity contribution is 5.31. The summed E-state index contributed by atoms with van der Waals surface area (Å²) in [7, 11) is 1.64. The number of methoxy groups -OCH3 is 1. The van der Waals surface area contributed by atoms with E-state index >= 15 is 0 Å². The highest BCUT2D eigenvalue weighted by Crippen LogP contribution is 2.17. The van der Waals surface area contributed by atoms with E-state index in [1.54, 1.807) is 7.11 Å². The minimum Gasteiger partial charge on any atom is -0.497 e. The van der Waals surface area contributed by atoms with Gasteiger partial charge >= 0.3 is 0 Å². The van der Waals surface area contributed by atoms with E-state index in [9.17, 15) is 5.11 Å². The van der Waals surface area contributed by atoms with Gasteiger partial charge in [0.25, 0.3) is 0 Å². The minimum atomic E-state index is -0.493. The van der Waals surface area contributed by atoms with Gasteiger partial charge in [-0.2, -0.15) is 0 Å². The van der Waals surface area contributed by atoms with E-state index in [-0.39, 0.29) is 0 Å². The minimum absolute atomic E-state index is 0.302. The molecule has 1 aliphatic heterocycles. The summed E-state index contributed by atoms with van der Waals surface area (Å²) >= 11 is 0. The molecule has 1 atom stereocenters. The third-order valence-corrected chi connectivity index (χ3v) is 4.90. The van der Waals surface area contributed by atoms with E-state index in [0.717, 1.165) is 50.6 Å². The second-order valence-electron chi connectivity index (χ2n) is 7.06. The second-order valence-corrected chi connectivity index (χ2v) is 7.06. The van der Waals surface area contributed by atoms with Gasteiger partial charge in [0.05, 0.1) is 7.11 Å². The zero-order valence-electron chi connectivity index (χ0n) is 16.1. The number of ether oxygens (including phenoxy) is 2. The Hall–Kier alpha value is -2.08. The number of benzene rings is 2. The van der Waals surface area contributed by atoms with Crippen molar-refractivity contribution in [1.82, 2.24) is 9.80 Å². The molecule has 0 saturated carbocycles. The van der Waals surface area contributed by atoms with Gasteiger partial charge in [0.2, 0.25) is 0 Å². The SMILES string of the molecule is COc1ccc(OCC(O)CN2CCCN(Cc3ccccc3)CC2)cc1. The van der Waals surface area contributed by atoms with Crippen molar-refractivity contribution >= 4 is 0 Å². The molecule has 1 saturated heterocycles. The second kappa shape index (κ2) is 10.3. The van der Waals surface area contributed by atoms with Crippen LogP contribution in [0.15, 0.2) is 54.6 Å². The van der Waals surface area contributed by atoms with Crippen LogP contribution >= 0.6 is 0 Å². The van der Waals surface area contributed by atoms with Crippen molar-refractivity contribution in [3.63, 3.8) is 0 Å². The number of hydrogen-bond acceptors (Lipinski definition) is 5. The van der Waals surface area contributed by atoms with Crippen LogP contribution in [0.2, 0.25) is 0 Å². The van der Waals surface area contributed by atoms with Gasteiger partial charge in [-0.1, -0.05) is 30.3 Å². The number of nitrogens with zero attached hydrogens (tertiary/aromatic N) is 2. The molecule has 2 aromatic rings. The summed E-state index contributed by atoms with van der Waals surface area (Å²) in [5.41, 5.74) is 1.36. The Kier molecular flexibility index (Phi) is 7.51. The molecule has 2 aromatic carbocycles. The van der Waals surface area contributed by atoms with Crippen molar-refractivity contribution in [2.24, 2.45) is 0 Å². The molecule has 1 fully saturated rings. The predicted molar refractivity (Wildman–Crippen MR) is 107 cm³/mol. The topological polar surface area (TPSA) is 45.2 Å². The van der Waals surface area contributed by atoms with Crippen molar-refractivity contribution in [2.75, 3.05) is 46.4 Å². The maximum absolute atomic E-state index is 10.4. The zero-order chi connectivity index (χ0) is 18.9. The van der Waals surface area contributed by atoms with Crippen molar-refractivity contribution in [3.05, 3.63) is 60.2 Å². The monoisotopic (exact) mass is 370 g/mol. The average molecular weight is 370 g/mol. The van der Waals surface area contributed by atoms with Crippen molar-refractivity contribution in [1.29, 1.82) is 0 Å². The van der Waals surface area contributed by atoms with Crippen LogP contribution in [0.5, 0.6) is 11.5 Å². The van der Waals surface area contributed by atoms with Crippen LogP contribution in [0.4, 0.5) is 0 Å². The lowest BCUT2D eigenvalue weighted by Gasteiger charge is -2.24. The molecule has 0 aliphatic carbocycles. The lowest BCUT2D eigenvalue weighted by atomic mass is 10.2. The van der Waals surface area contributed by atoms with Crippen LogP contribution in [0.3, 0.4) is 0 Å². The molecule has 0 bridgehead atoms.